The Morgan fingerprint density at radius 1 is 1.23 bits per heavy atom. The van der Waals surface area contributed by atoms with Crippen LogP contribution in [0.1, 0.15) is 31.2 Å². The summed E-state index contributed by atoms with van der Waals surface area (Å²) in [4.78, 5) is 31.9. The number of fused-ring (bicyclic) bond motifs is 2. The molecule has 1 atom stereocenters. The van der Waals surface area contributed by atoms with Crippen molar-refractivity contribution >= 4 is 34.5 Å². The topological polar surface area (TPSA) is 89.4 Å². The highest BCUT2D eigenvalue weighted by Crippen LogP contribution is 2.32. The van der Waals surface area contributed by atoms with Crippen LogP contribution >= 0.6 is 11.8 Å². The van der Waals surface area contributed by atoms with E-state index in [2.05, 4.69) is 15.3 Å². The van der Waals surface area contributed by atoms with Crippen LogP contribution in [0.3, 0.4) is 0 Å². The van der Waals surface area contributed by atoms with Gasteiger partial charge in [-0.1, -0.05) is 12.5 Å². The third-order valence-electron chi connectivity index (χ3n) is 4.60. The third-order valence-corrected chi connectivity index (χ3v) is 5.68. The van der Waals surface area contributed by atoms with Crippen molar-refractivity contribution in [1.29, 1.82) is 0 Å². The number of hydrogen-bond donors (Lipinski definition) is 1. The number of benzene rings is 1. The lowest BCUT2D eigenvalue weighted by atomic mass is 9.87. The van der Waals surface area contributed by atoms with E-state index in [1.807, 2.05) is 18.2 Å². The molecule has 3 amide bonds. The van der Waals surface area contributed by atoms with E-state index in [9.17, 15) is 9.59 Å². The molecule has 1 aliphatic carbocycles. The van der Waals surface area contributed by atoms with Gasteiger partial charge in [-0.25, -0.2) is 9.79 Å². The van der Waals surface area contributed by atoms with E-state index < -0.39 is 6.03 Å². The molecule has 7 nitrogen and oxygen atoms in total. The Bertz CT molecular complexity index is 806. The van der Waals surface area contributed by atoms with Crippen LogP contribution in [0.4, 0.5) is 4.79 Å². The zero-order valence-electron chi connectivity index (χ0n) is 14.2. The lowest BCUT2D eigenvalue weighted by Crippen LogP contribution is -2.32. The number of carbonyl (C=O) groups is 2. The van der Waals surface area contributed by atoms with Gasteiger partial charge in [0.1, 0.15) is 0 Å². The number of nitrogens with one attached hydrogen (secondary N) is 1. The van der Waals surface area contributed by atoms with Crippen molar-refractivity contribution in [3.63, 3.8) is 0 Å². The molecule has 4 rings (SSSR count). The van der Waals surface area contributed by atoms with E-state index in [1.165, 1.54) is 11.8 Å². The molecular weight excluding hydrogens is 354 g/mol. The van der Waals surface area contributed by atoms with E-state index in [0.717, 1.165) is 47.8 Å². The first-order valence-corrected chi connectivity index (χ1v) is 9.65. The summed E-state index contributed by atoms with van der Waals surface area (Å²) in [5.74, 6) is 1.68. The van der Waals surface area contributed by atoms with Crippen LogP contribution in [0.25, 0.3) is 0 Å². The van der Waals surface area contributed by atoms with Gasteiger partial charge in [0.15, 0.2) is 11.5 Å². The van der Waals surface area contributed by atoms with Gasteiger partial charge < -0.3 is 14.8 Å². The molecule has 1 unspecified atom stereocenters. The maximum atomic E-state index is 12.2. The predicted molar refractivity (Wildman–Crippen MR) is 99.1 cm³/mol. The van der Waals surface area contributed by atoms with Crippen LogP contribution in [0.2, 0.25) is 0 Å². The van der Waals surface area contributed by atoms with Gasteiger partial charge in [0.25, 0.3) is 0 Å². The monoisotopic (exact) mass is 373 g/mol. The number of nitrogens with zero attached hydrogens (tertiary/aromatic N) is 2. The second-order valence-corrected chi connectivity index (χ2v) is 7.38. The van der Waals surface area contributed by atoms with Crippen molar-refractivity contribution in [3.05, 3.63) is 23.8 Å². The molecule has 1 aromatic carbocycles. The van der Waals surface area contributed by atoms with Crippen molar-refractivity contribution in [2.45, 2.75) is 32.2 Å². The molecule has 0 radical (unpaired) electrons. The summed E-state index contributed by atoms with van der Waals surface area (Å²) < 4.78 is 10.6. The molecule has 136 valence electrons. The Kier molecular flexibility index (Phi) is 4.92. The fourth-order valence-corrected chi connectivity index (χ4v) is 4.27. The fourth-order valence-electron chi connectivity index (χ4n) is 3.29. The van der Waals surface area contributed by atoms with E-state index in [4.69, 9.17) is 9.47 Å². The highest BCUT2D eigenvalue weighted by Gasteiger charge is 2.30. The minimum Gasteiger partial charge on any atom is -0.454 e. The summed E-state index contributed by atoms with van der Waals surface area (Å²) in [6, 6.07) is 5.16. The molecule has 0 bridgehead atoms. The Labute approximate surface area is 155 Å². The second-order valence-electron chi connectivity index (χ2n) is 6.39. The molecule has 1 fully saturated rings. The summed E-state index contributed by atoms with van der Waals surface area (Å²) in [7, 11) is 0. The van der Waals surface area contributed by atoms with Gasteiger partial charge in [0.2, 0.25) is 12.7 Å². The maximum Gasteiger partial charge on any atom is 0.367 e. The second kappa shape index (κ2) is 7.49. The van der Waals surface area contributed by atoms with Crippen molar-refractivity contribution in [2.24, 2.45) is 15.9 Å². The average molecular weight is 373 g/mol. The quantitative estimate of drug-likeness (QED) is 0.876. The summed E-state index contributed by atoms with van der Waals surface area (Å²) in [6.45, 7) is 0.645. The maximum absolute atomic E-state index is 12.2. The molecule has 3 aliphatic rings. The molecule has 1 saturated carbocycles. The number of carbonyl (C=O) groups excluding carboxylic acids is 2. The van der Waals surface area contributed by atoms with Gasteiger partial charge in [-0.3, -0.25) is 4.79 Å². The van der Waals surface area contributed by atoms with E-state index in [-0.39, 0.29) is 24.4 Å². The zero-order valence-corrected chi connectivity index (χ0v) is 15.0. The smallest absolute Gasteiger partial charge is 0.367 e. The molecular formula is C18H19N3O4S. The van der Waals surface area contributed by atoms with Gasteiger partial charge in [0.05, 0.1) is 10.8 Å². The molecule has 1 aromatic rings. The van der Waals surface area contributed by atoms with Gasteiger partial charge >= 0.3 is 6.03 Å². The lowest BCUT2D eigenvalue weighted by molar-refractivity contribution is -0.118. The Morgan fingerprint density at radius 2 is 2.12 bits per heavy atom. The number of amides is 3. The third kappa shape index (κ3) is 3.75. The number of rotatable bonds is 4. The molecule has 0 aromatic heterocycles. The molecule has 2 aliphatic heterocycles. The molecule has 1 N–H and O–H groups in total. The minimum atomic E-state index is -0.443. The summed E-state index contributed by atoms with van der Waals surface area (Å²) in [6.07, 6.45) is 3.98. The van der Waals surface area contributed by atoms with Crippen LogP contribution in [-0.4, -0.2) is 35.2 Å². The number of aliphatic imine (C=N–C) groups is 2. The largest absolute Gasteiger partial charge is 0.454 e. The van der Waals surface area contributed by atoms with Crippen molar-refractivity contribution in [2.75, 3.05) is 12.5 Å². The van der Waals surface area contributed by atoms with E-state index in [1.54, 1.807) is 0 Å². The molecule has 0 saturated heterocycles. The zero-order chi connectivity index (χ0) is 17.9. The van der Waals surface area contributed by atoms with Crippen molar-refractivity contribution in [1.82, 2.24) is 5.32 Å². The lowest BCUT2D eigenvalue weighted by Gasteiger charge is -2.26. The van der Waals surface area contributed by atoms with E-state index in [0.29, 0.717) is 12.3 Å². The number of urea groups is 1. The first-order valence-electron chi connectivity index (χ1n) is 8.67. The highest BCUT2D eigenvalue weighted by atomic mass is 32.2. The summed E-state index contributed by atoms with van der Waals surface area (Å²) in [5.41, 5.74) is 1.87. The highest BCUT2D eigenvalue weighted by molar-refractivity contribution is 8.14. The normalized spacial score (nSPS) is 20.9. The van der Waals surface area contributed by atoms with E-state index >= 15 is 0 Å². The Balaban J connectivity index is 1.29. The first-order chi connectivity index (χ1) is 12.7. The average Bonchev–Trinajstić information content (AvgIpc) is 3.12. The van der Waals surface area contributed by atoms with Crippen molar-refractivity contribution in [3.8, 4) is 11.5 Å². The molecule has 2 heterocycles. The van der Waals surface area contributed by atoms with Crippen LogP contribution in [0.5, 0.6) is 11.5 Å². The van der Waals surface area contributed by atoms with Gasteiger partial charge in [-0.15, -0.1) is 11.8 Å². The SMILES string of the molecule is O=C1N=C2CCCCC2C(SCC(=O)NCc2ccc3c(c2)OCO3)=N1. The van der Waals surface area contributed by atoms with Crippen LogP contribution in [0.15, 0.2) is 28.2 Å². The molecule has 0 spiro atoms. The molecule has 8 heteroatoms. The first kappa shape index (κ1) is 17.1. The Hall–Kier alpha value is -2.35. The number of hydrogen-bond acceptors (Lipinski definition) is 5. The number of thioether (sulfide) groups is 1. The minimum absolute atomic E-state index is 0.0947. The van der Waals surface area contributed by atoms with Crippen LogP contribution in [-0.2, 0) is 11.3 Å². The molecule has 26 heavy (non-hydrogen) atoms. The van der Waals surface area contributed by atoms with Gasteiger partial charge in [0, 0.05) is 18.2 Å². The number of ether oxygens (including phenoxy) is 2. The standard InChI is InChI=1S/C18H19N3O4S/c22-16(19-8-11-5-6-14-15(7-11)25-10-24-14)9-26-17-12-3-1-2-4-13(12)20-18(23)21-17/h5-7,12H,1-4,8-10H2,(H,19,22). The van der Waals surface area contributed by atoms with Crippen LogP contribution in [0, 0.1) is 5.92 Å². The summed E-state index contributed by atoms with van der Waals surface area (Å²) >= 11 is 1.34. The Morgan fingerprint density at radius 3 is 3.04 bits per heavy atom. The predicted octanol–water partition coefficient (Wildman–Crippen LogP) is 2.93. The van der Waals surface area contributed by atoms with Gasteiger partial charge in [-0.05, 0) is 37.0 Å². The van der Waals surface area contributed by atoms with Crippen LogP contribution < -0.4 is 14.8 Å². The summed E-state index contributed by atoms with van der Waals surface area (Å²) in [5, 5.41) is 3.62. The fraction of sp³-hybridized carbons (Fsp3) is 0.444. The van der Waals surface area contributed by atoms with Gasteiger partial charge in [-0.2, -0.15) is 4.99 Å². The van der Waals surface area contributed by atoms with Crippen molar-refractivity contribution < 1.29 is 19.1 Å².